The van der Waals surface area contributed by atoms with E-state index in [1.54, 1.807) is 24.2 Å². The van der Waals surface area contributed by atoms with Gasteiger partial charge in [0, 0.05) is 38.6 Å². The summed E-state index contributed by atoms with van der Waals surface area (Å²) < 4.78 is 5.45. The second-order valence-electron chi connectivity index (χ2n) is 7.29. The minimum absolute atomic E-state index is 0.203. The predicted molar refractivity (Wildman–Crippen MR) is 96.1 cm³/mol. The summed E-state index contributed by atoms with van der Waals surface area (Å²) in [6.45, 7) is 8.93. The summed E-state index contributed by atoms with van der Waals surface area (Å²) in [6, 6.07) is 0. The summed E-state index contributed by atoms with van der Waals surface area (Å²) in [6.07, 6.45) is 6.29. The average molecular weight is 353 g/mol. The number of nitrogens with zero attached hydrogens (tertiary/aromatic N) is 4. The molecule has 0 radical (unpaired) electrons. The van der Waals surface area contributed by atoms with Gasteiger partial charge in [-0.3, -0.25) is 4.98 Å². The summed E-state index contributed by atoms with van der Waals surface area (Å²) in [5.74, 6) is 0.469. The van der Waals surface area contributed by atoms with Gasteiger partial charge in [0.2, 0.25) is 0 Å². The molecule has 24 heavy (non-hydrogen) atoms. The molecule has 134 valence electrons. The first-order valence-corrected chi connectivity index (χ1v) is 9.51. The maximum Gasteiger partial charge on any atom is 0.410 e. The zero-order chi connectivity index (χ0) is 17.7. The van der Waals surface area contributed by atoms with E-state index in [1.807, 2.05) is 31.9 Å². The van der Waals surface area contributed by atoms with Crippen LogP contribution in [0.25, 0.3) is 0 Å². The standard InChI is InChI=1S/C17H28N4O2S/c1-17(2,3)23-16(22)21-9-6-13(11-21)10-20(4)12-14-15(24-5)19-8-7-18-14/h7-8,13H,6,9-12H2,1-5H3/t13-/m1/s1. The van der Waals surface area contributed by atoms with Gasteiger partial charge in [-0.05, 0) is 46.4 Å². The van der Waals surface area contributed by atoms with Crippen LogP contribution in [-0.4, -0.2) is 64.4 Å². The molecule has 1 aliphatic heterocycles. The lowest BCUT2D eigenvalue weighted by molar-refractivity contribution is 0.0285. The minimum atomic E-state index is -0.438. The van der Waals surface area contributed by atoms with Gasteiger partial charge < -0.3 is 14.5 Å². The Morgan fingerprint density at radius 3 is 2.79 bits per heavy atom. The maximum atomic E-state index is 12.1. The second kappa shape index (κ2) is 8.16. The number of aromatic nitrogens is 2. The Labute approximate surface area is 149 Å². The Morgan fingerprint density at radius 2 is 2.12 bits per heavy atom. The largest absolute Gasteiger partial charge is 0.444 e. The maximum absolute atomic E-state index is 12.1. The molecule has 1 aliphatic rings. The zero-order valence-electron chi connectivity index (χ0n) is 15.3. The van der Waals surface area contributed by atoms with Crippen LogP contribution in [0.1, 0.15) is 32.9 Å². The summed E-state index contributed by atoms with van der Waals surface area (Å²) in [5, 5.41) is 0.978. The van der Waals surface area contributed by atoms with Gasteiger partial charge in [0.25, 0.3) is 0 Å². The molecule has 0 saturated carbocycles. The third-order valence-electron chi connectivity index (χ3n) is 3.86. The average Bonchev–Trinajstić information content (AvgIpc) is 2.94. The smallest absolute Gasteiger partial charge is 0.410 e. The second-order valence-corrected chi connectivity index (χ2v) is 8.09. The third-order valence-corrected chi connectivity index (χ3v) is 4.58. The molecule has 2 rings (SSSR count). The quantitative estimate of drug-likeness (QED) is 0.760. The first-order chi connectivity index (χ1) is 11.3. The SMILES string of the molecule is CSc1nccnc1CN(C)C[C@H]1CCN(C(=O)OC(C)(C)C)C1. The Balaban J connectivity index is 1.83. The van der Waals surface area contributed by atoms with Gasteiger partial charge in [0.1, 0.15) is 10.6 Å². The van der Waals surface area contributed by atoms with E-state index in [0.29, 0.717) is 5.92 Å². The number of thioether (sulfide) groups is 1. The Bertz CT molecular complexity index is 562. The predicted octanol–water partition coefficient (Wildman–Crippen LogP) is 2.89. The van der Waals surface area contributed by atoms with Crippen molar-refractivity contribution in [3.63, 3.8) is 0 Å². The molecule has 0 bridgehead atoms. The number of hydrogen-bond acceptors (Lipinski definition) is 6. The highest BCUT2D eigenvalue weighted by Crippen LogP contribution is 2.21. The number of carbonyl (C=O) groups excluding carboxylic acids is 1. The van der Waals surface area contributed by atoms with Crippen LogP contribution in [0.5, 0.6) is 0 Å². The number of rotatable bonds is 5. The number of carbonyl (C=O) groups is 1. The molecule has 1 fully saturated rings. The van der Waals surface area contributed by atoms with Crippen molar-refractivity contribution < 1.29 is 9.53 Å². The van der Waals surface area contributed by atoms with E-state index in [0.717, 1.165) is 43.3 Å². The molecule has 0 N–H and O–H groups in total. The fraction of sp³-hybridized carbons (Fsp3) is 0.706. The fourth-order valence-corrected chi connectivity index (χ4v) is 3.39. The molecule has 1 amide bonds. The molecule has 6 nitrogen and oxygen atoms in total. The van der Waals surface area contributed by atoms with Crippen LogP contribution >= 0.6 is 11.8 Å². The van der Waals surface area contributed by atoms with Crippen molar-refractivity contribution in [2.24, 2.45) is 5.92 Å². The van der Waals surface area contributed by atoms with Crippen molar-refractivity contribution >= 4 is 17.9 Å². The molecule has 1 aromatic rings. The van der Waals surface area contributed by atoms with Crippen LogP contribution < -0.4 is 0 Å². The van der Waals surface area contributed by atoms with Crippen molar-refractivity contribution in [3.05, 3.63) is 18.1 Å². The molecule has 1 saturated heterocycles. The van der Waals surface area contributed by atoms with E-state index >= 15 is 0 Å². The summed E-state index contributed by atoms with van der Waals surface area (Å²) in [5.41, 5.74) is 0.570. The van der Waals surface area contributed by atoms with Gasteiger partial charge in [-0.15, -0.1) is 11.8 Å². The van der Waals surface area contributed by atoms with E-state index < -0.39 is 5.60 Å². The monoisotopic (exact) mass is 352 g/mol. The van der Waals surface area contributed by atoms with Crippen molar-refractivity contribution in [2.75, 3.05) is 32.9 Å². The van der Waals surface area contributed by atoms with E-state index in [4.69, 9.17) is 4.74 Å². The highest BCUT2D eigenvalue weighted by Gasteiger charge is 2.30. The molecule has 0 unspecified atom stereocenters. The van der Waals surface area contributed by atoms with Crippen LogP contribution in [0.15, 0.2) is 17.4 Å². The van der Waals surface area contributed by atoms with Crippen LogP contribution in [0.4, 0.5) is 4.79 Å². The Kier molecular flexibility index (Phi) is 6.46. The molecular formula is C17H28N4O2S. The van der Waals surface area contributed by atoms with Crippen molar-refractivity contribution in [1.29, 1.82) is 0 Å². The molecule has 0 spiro atoms. The van der Waals surface area contributed by atoms with Gasteiger partial charge in [-0.25, -0.2) is 9.78 Å². The number of amides is 1. The van der Waals surface area contributed by atoms with Crippen LogP contribution in [-0.2, 0) is 11.3 Å². The van der Waals surface area contributed by atoms with E-state index in [1.165, 1.54) is 0 Å². The number of likely N-dealkylation sites (tertiary alicyclic amines) is 1. The minimum Gasteiger partial charge on any atom is -0.444 e. The van der Waals surface area contributed by atoms with Gasteiger partial charge >= 0.3 is 6.09 Å². The molecule has 0 aliphatic carbocycles. The first kappa shape index (κ1) is 19.0. The van der Waals surface area contributed by atoms with Crippen molar-refractivity contribution in [1.82, 2.24) is 19.8 Å². The van der Waals surface area contributed by atoms with Gasteiger partial charge in [0.05, 0.1) is 5.69 Å². The summed E-state index contributed by atoms with van der Waals surface area (Å²) >= 11 is 1.62. The topological polar surface area (TPSA) is 58.6 Å². The number of hydrogen-bond donors (Lipinski definition) is 0. The van der Waals surface area contributed by atoms with Gasteiger partial charge in [0.15, 0.2) is 0 Å². The van der Waals surface area contributed by atoms with Gasteiger partial charge in [-0.1, -0.05) is 0 Å². The Morgan fingerprint density at radius 1 is 1.42 bits per heavy atom. The van der Waals surface area contributed by atoms with Crippen molar-refractivity contribution in [3.8, 4) is 0 Å². The zero-order valence-corrected chi connectivity index (χ0v) is 16.1. The molecule has 1 aromatic heterocycles. The highest BCUT2D eigenvalue weighted by molar-refractivity contribution is 7.98. The van der Waals surface area contributed by atoms with Crippen LogP contribution in [0, 0.1) is 5.92 Å². The summed E-state index contributed by atoms with van der Waals surface area (Å²) in [4.78, 5) is 25.0. The third kappa shape index (κ3) is 5.63. The van der Waals surface area contributed by atoms with E-state index in [2.05, 4.69) is 21.9 Å². The van der Waals surface area contributed by atoms with Crippen molar-refractivity contribution in [2.45, 2.75) is 44.4 Å². The first-order valence-electron chi connectivity index (χ1n) is 8.29. The highest BCUT2D eigenvalue weighted by atomic mass is 32.2. The van der Waals surface area contributed by atoms with Crippen LogP contribution in [0.2, 0.25) is 0 Å². The molecule has 0 aromatic carbocycles. The molecule has 7 heteroatoms. The molecule has 2 heterocycles. The molecular weight excluding hydrogens is 324 g/mol. The van der Waals surface area contributed by atoms with E-state index in [-0.39, 0.29) is 6.09 Å². The lowest BCUT2D eigenvalue weighted by atomic mass is 10.1. The normalized spacial score (nSPS) is 18.2. The van der Waals surface area contributed by atoms with Crippen LogP contribution in [0.3, 0.4) is 0 Å². The number of ether oxygens (including phenoxy) is 1. The van der Waals surface area contributed by atoms with E-state index in [9.17, 15) is 4.79 Å². The fourth-order valence-electron chi connectivity index (χ4n) is 2.87. The molecule has 1 atom stereocenters. The lowest BCUT2D eigenvalue weighted by Gasteiger charge is -2.25. The summed E-state index contributed by atoms with van der Waals surface area (Å²) in [7, 11) is 2.09. The lowest BCUT2D eigenvalue weighted by Crippen LogP contribution is -2.36. The van der Waals surface area contributed by atoms with Gasteiger partial charge in [-0.2, -0.15) is 0 Å². The Hall–Kier alpha value is -1.34.